The molecule has 2 unspecified atom stereocenters. The van der Waals surface area contributed by atoms with E-state index in [9.17, 15) is 18.7 Å². The van der Waals surface area contributed by atoms with Gasteiger partial charge in [0.2, 0.25) is 5.91 Å². The molecule has 0 saturated carbocycles. The second-order valence-electron chi connectivity index (χ2n) is 5.08. The van der Waals surface area contributed by atoms with Gasteiger partial charge in [0.05, 0.1) is 6.10 Å². The molecule has 0 bridgehead atoms. The fourth-order valence-electron chi connectivity index (χ4n) is 1.94. The molecule has 0 saturated heterocycles. The number of hydrogen-bond donors (Lipinski definition) is 2. The van der Waals surface area contributed by atoms with Gasteiger partial charge in [-0.2, -0.15) is 0 Å². The normalized spacial score (nSPS) is 13.4. The van der Waals surface area contributed by atoms with E-state index < -0.39 is 23.0 Å². The van der Waals surface area contributed by atoms with Crippen LogP contribution in [0.1, 0.15) is 17.7 Å². The molecular formula is C17H17F2NO2S. The van der Waals surface area contributed by atoms with Gasteiger partial charge in [-0.1, -0.05) is 30.3 Å². The lowest BCUT2D eigenvalue weighted by atomic mass is 10.1. The Hall–Kier alpha value is -1.92. The number of carbonyl (C=O) groups excluding carboxylic acids is 1. The van der Waals surface area contributed by atoms with E-state index in [2.05, 4.69) is 5.32 Å². The van der Waals surface area contributed by atoms with Gasteiger partial charge in [-0.3, -0.25) is 4.79 Å². The van der Waals surface area contributed by atoms with E-state index in [1.165, 1.54) is 0 Å². The van der Waals surface area contributed by atoms with E-state index in [1.807, 2.05) is 6.07 Å². The number of carbonyl (C=O) groups is 1. The van der Waals surface area contributed by atoms with Gasteiger partial charge < -0.3 is 10.4 Å². The van der Waals surface area contributed by atoms with Gasteiger partial charge in [0.15, 0.2) is 0 Å². The molecular weight excluding hydrogens is 320 g/mol. The minimum absolute atomic E-state index is 0.0612. The molecule has 2 aromatic carbocycles. The molecule has 6 heteroatoms. The Balaban J connectivity index is 2.26. The van der Waals surface area contributed by atoms with E-state index in [0.29, 0.717) is 5.56 Å². The highest BCUT2D eigenvalue weighted by atomic mass is 32.2. The predicted molar refractivity (Wildman–Crippen MR) is 86.1 cm³/mol. The topological polar surface area (TPSA) is 49.3 Å². The van der Waals surface area contributed by atoms with Crippen LogP contribution < -0.4 is 5.32 Å². The highest BCUT2D eigenvalue weighted by molar-refractivity contribution is 8.00. The molecule has 23 heavy (non-hydrogen) atoms. The van der Waals surface area contributed by atoms with Crippen molar-refractivity contribution in [1.82, 2.24) is 5.32 Å². The van der Waals surface area contributed by atoms with E-state index in [0.717, 1.165) is 30.0 Å². The second-order valence-corrected chi connectivity index (χ2v) is 6.22. The van der Waals surface area contributed by atoms with Crippen molar-refractivity contribution in [3.05, 3.63) is 65.7 Å². The number of benzene rings is 2. The molecule has 0 aliphatic heterocycles. The number of thioether (sulfide) groups is 1. The van der Waals surface area contributed by atoms with Crippen LogP contribution in [0.25, 0.3) is 0 Å². The first-order chi connectivity index (χ1) is 11.0. The number of halogens is 2. The highest BCUT2D eigenvalue weighted by Crippen LogP contribution is 2.37. The van der Waals surface area contributed by atoms with Crippen LogP contribution in [0.2, 0.25) is 0 Å². The first-order valence-corrected chi connectivity index (χ1v) is 7.97. The van der Waals surface area contributed by atoms with Gasteiger partial charge in [0.25, 0.3) is 0 Å². The Kier molecular flexibility index (Phi) is 6.12. The maximum atomic E-state index is 13.9. The summed E-state index contributed by atoms with van der Waals surface area (Å²) in [4.78, 5) is 12.5. The zero-order valence-corrected chi connectivity index (χ0v) is 13.3. The van der Waals surface area contributed by atoms with Crippen LogP contribution in [0.5, 0.6) is 0 Å². The van der Waals surface area contributed by atoms with Crippen molar-refractivity contribution in [1.29, 1.82) is 0 Å². The molecule has 122 valence electrons. The van der Waals surface area contributed by atoms with Crippen LogP contribution in [0.3, 0.4) is 0 Å². The lowest BCUT2D eigenvalue weighted by molar-refractivity contribution is -0.121. The standard InChI is InChI=1S/C17H17F2NO2S/c1-11(21)10-20-17(22)16(12-5-3-2-4-6-12)23-15-9-13(18)7-8-14(15)19/h2-9,11,16,21H,10H2,1H3,(H,20,22). The van der Waals surface area contributed by atoms with Crippen molar-refractivity contribution in [3.63, 3.8) is 0 Å². The van der Waals surface area contributed by atoms with Crippen LogP contribution in [0.4, 0.5) is 8.78 Å². The first-order valence-electron chi connectivity index (χ1n) is 7.10. The van der Waals surface area contributed by atoms with Crippen LogP contribution in [0.15, 0.2) is 53.4 Å². The summed E-state index contributed by atoms with van der Waals surface area (Å²) in [5, 5.41) is 11.2. The average molecular weight is 337 g/mol. The second kappa shape index (κ2) is 8.08. The number of aliphatic hydroxyl groups excluding tert-OH is 1. The lowest BCUT2D eigenvalue weighted by Crippen LogP contribution is -2.33. The molecule has 1 amide bonds. The number of nitrogens with one attached hydrogen (secondary N) is 1. The lowest BCUT2D eigenvalue weighted by Gasteiger charge is -2.18. The van der Waals surface area contributed by atoms with Crippen molar-refractivity contribution in [2.45, 2.75) is 23.2 Å². The number of amides is 1. The fourth-order valence-corrected chi connectivity index (χ4v) is 3.04. The zero-order valence-electron chi connectivity index (χ0n) is 12.5. The number of rotatable bonds is 6. The largest absolute Gasteiger partial charge is 0.392 e. The van der Waals surface area contributed by atoms with E-state index in [4.69, 9.17) is 0 Å². The summed E-state index contributed by atoms with van der Waals surface area (Å²) in [7, 11) is 0. The van der Waals surface area contributed by atoms with Crippen molar-refractivity contribution in [2.75, 3.05) is 6.54 Å². The van der Waals surface area contributed by atoms with Gasteiger partial charge in [0.1, 0.15) is 16.9 Å². The van der Waals surface area contributed by atoms with E-state index >= 15 is 0 Å². The summed E-state index contributed by atoms with van der Waals surface area (Å²) in [5.41, 5.74) is 0.671. The van der Waals surface area contributed by atoms with Gasteiger partial charge in [-0.25, -0.2) is 8.78 Å². The van der Waals surface area contributed by atoms with E-state index in [-0.39, 0.29) is 17.3 Å². The Labute approximate surface area is 137 Å². The summed E-state index contributed by atoms with van der Waals surface area (Å²) in [6.07, 6.45) is -0.689. The predicted octanol–water partition coefficient (Wildman–Crippen LogP) is 3.30. The van der Waals surface area contributed by atoms with Crippen molar-refractivity contribution in [2.24, 2.45) is 0 Å². The molecule has 2 atom stereocenters. The molecule has 2 rings (SSSR count). The van der Waals surface area contributed by atoms with Crippen LogP contribution in [-0.2, 0) is 4.79 Å². The average Bonchev–Trinajstić information content (AvgIpc) is 2.54. The molecule has 0 heterocycles. The third-order valence-corrected chi connectivity index (χ3v) is 4.34. The maximum absolute atomic E-state index is 13.9. The third kappa shape index (κ3) is 5.04. The molecule has 0 spiro atoms. The minimum atomic E-state index is -0.744. The summed E-state index contributed by atoms with van der Waals surface area (Å²) in [6.45, 7) is 1.64. The minimum Gasteiger partial charge on any atom is -0.392 e. The Morgan fingerprint density at radius 1 is 1.22 bits per heavy atom. The molecule has 0 fully saturated rings. The van der Waals surface area contributed by atoms with Gasteiger partial charge in [-0.15, -0.1) is 11.8 Å². The number of aliphatic hydroxyl groups is 1. The molecule has 0 aliphatic carbocycles. The van der Waals surface area contributed by atoms with Gasteiger partial charge in [0, 0.05) is 11.4 Å². The van der Waals surface area contributed by atoms with Gasteiger partial charge in [-0.05, 0) is 30.7 Å². The molecule has 0 aromatic heterocycles. The van der Waals surface area contributed by atoms with Crippen LogP contribution in [0, 0.1) is 11.6 Å². The molecule has 0 aliphatic rings. The highest BCUT2D eigenvalue weighted by Gasteiger charge is 2.23. The van der Waals surface area contributed by atoms with Crippen LogP contribution in [-0.4, -0.2) is 23.7 Å². The molecule has 0 radical (unpaired) electrons. The Morgan fingerprint density at radius 2 is 1.91 bits per heavy atom. The van der Waals surface area contributed by atoms with Gasteiger partial charge >= 0.3 is 0 Å². The fraction of sp³-hybridized carbons (Fsp3) is 0.235. The summed E-state index contributed by atoms with van der Waals surface area (Å²) >= 11 is 0.934. The smallest absolute Gasteiger partial charge is 0.238 e. The first kappa shape index (κ1) is 17.4. The van der Waals surface area contributed by atoms with Crippen molar-refractivity contribution < 1.29 is 18.7 Å². The van der Waals surface area contributed by atoms with Crippen molar-refractivity contribution >= 4 is 17.7 Å². The number of hydrogen-bond acceptors (Lipinski definition) is 3. The molecule has 2 N–H and O–H groups in total. The molecule has 3 nitrogen and oxygen atoms in total. The maximum Gasteiger partial charge on any atom is 0.238 e. The van der Waals surface area contributed by atoms with Crippen molar-refractivity contribution in [3.8, 4) is 0 Å². The zero-order chi connectivity index (χ0) is 16.8. The van der Waals surface area contributed by atoms with Crippen LogP contribution >= 0.6 is 11.8 Å². The SMILES string of the molecule is CC(O)CNC(=O)C(Sc1cc(F)ccc1F)c1ccccc1. The quantitative estimate of drug-likeness (QED) is 0.795. The Morgan fingerprint density at radius 3 is 2.57 bits per heavy atom. The van der Waals surface area contributed by atoms with E-state index in [1.54, 1.807) is 31.2 Å². The third-order valence-electron chi connectivity index (χ3n) is 3.05. The summed E-state index contributed by atoms with van der Waals surface area (Å²) in [5.74, 6) is -1.52. The molecule has 2 aromatic rings. The Bertz CT molecular complexity index is 665. The summed E-state index contributed by atoms with van der Waals surface area (Å²) in [6, 6.07) is 12.0. The summed E-state index contributed by atoms with van der Waals surface area (Å²) < 4.78 is 27.2. The monoisotopic (exact) mass is 337 g/mol.